The minimum atomic E-state index is -1.13. The van der Waals surface area contributed by atoms with Gasteiger partial charge in [0.1, 0.15) is 0 Å². The van der Waals surface area contributed by atoms with E-state index in [0.717, 1.165) is 25.7 Å². The Morgan fingerprint density at radius 1 is 1.13 bits per heavy atom. The normalized spacial score (nSPS) is 13.1. The summed E-state index contributed by atoms with van der Waals surface area (Å²) in [7, 11) is 0. The molecule has 2 N–H and O–H groups in total. The number of unbranched alkanes of at least 4 members (excludes halogenated alkanes) is 1. The second kappa shape index (κ2) is 11.7. The highest BCUT2D eigenvalue weighted by molar-refractivity contribution is 5.88. The third kappa shape index (κ3) is 9.71. The van der Waals surface area contributed by atoms with E-state index in [9.17, 15) is 14.4 Å². The van der Waals surface area contributed by atoms with Crippen LogP contribution in [0, 0.1) is 11.8 Å². The molecule has 0 amide bonds. The highest BCUT2D eigenvalue weighted by Gasteiger charge is 2.23. The zero-order valence-electron chi connectivity index (χ0n) is 14.0. The summed E-state index contributed by atoms with van der Waals surface area (Å²) in [5.74, 6) is -3.43. The lowest BCUT2D eigenvalue weighted by atomic mass is 9.95. The molecule has 0 aliphatic heterocycles. The maximum absolute atomic E-state index is 11.9. The summed E-state index contributed by atoms with van der Waals surface area (Å²) in [5, 5.41) is 17.7. The van der Waals surface area contributed by atoms with Gasteiger partial charge in [-0.1, -0.05) is 39.7 Å². The Morgan fingerprint density at radius 3 is 2.26 bits per heavy atom. The first-order chi connectivity index (χ1) is 10.8. The van der Waals surface area contributed by atoms with Gasteiger partial charge in [0.05, 0.1) is 12.5 Å². The fourth-order valence-corrected chi connectivity index (χ4v) is 2.19. The minimum Gasteiger partial charge on any atom is -0.481 e. The van der Waals surface area contributed by atoms with Gasteiger partial charge in [-0.05, 0) is 25.2 Å². The molecular weight excluding hydrogens is 300 g/mol. The summed E-state index contributed by atoms with van der Waals surface area (Å²) in [6.45, 7) is 8.03. The first-order valence-electron chi connectivity index (χ1n) is 8.11. The zero-order chi connectivity index (χ0) is 17.8. The Labute approximate surface area is 137 Å². The van der Waals surface area contributed by atoms with Gasteiger partial charge in [-0.25, -0.2) is 4.79 Å². The van der Waals surface area contributed by atoms with E-state index in [4.69, 9.17) is 14.9 Å². The van der Waals surface area contributed by atoms with Gasteiger partial charge in [0, 0.05) is 12.0 Å². The van der Waals surface area contributed by atoms with Crippen molar-refractivity contribution in [3.05, 3.63) is 12.2 Å². The molecule has 0 rings (SSSR count). The topological polar surface area (TPSA) is 101 Å². The monoisotopic (exact) mass is 328 g/mol. The van der Waals surface area contributed by atoms with Crippen molar-refractivity contribution >= 4 is 17.9 Å². The van der Waals surface area contributed by atoms with Crippen LogP contribution in [-0.2, 0) is 19.1 Å². The molecule has 23 heavy (non-hydrogen) atoms. The average Bonchev–Trinajstić information content (AvgIpc) is 2.50. The van der Waals surface area contributed by atoms with E-state index in [0.29, 0.717) is 12.5 Å². The van der Waals surface area contributed by atoms with Gasteiger partial charge in [0.25, 0.3) is 0 Å². The molecule has 0 aliphatic carbocycles. The van der Waals surface area contributed by atoms with Crippen LogP contribution in [0.25, 0.3) is 0 Å². The van der Waals surface area contributed by atoms with Gasteiger partial charge < -0.3 is 14.9 Å². The summed E-state index contributed by atoms with van der Waals surface area (Å²) >= 11 is 0. The van der Waals surface area contributed by atoms with Crippen LogP contribution in [0.1, 0.15) is 58.8 Å². The van der Waals surface area contributed by atoms with Crippen molar-refractivity contribution in [3.63, 3.8) is 0 Å². The molecule has 0 aromatic carbocycles. The molecule has 0 fully saturated rings. The van der Waals surface area contributed by atoms with Crippen molar-refractivity contribution in [1.29, 1.82) is 0 Å². The third-order valence-electron chi connectivity index (χ3n) is 3.83. The highest BCUT2D eigenvalue weighted by atomic mass is 16.5. The molecule has 0 spiro atoms. The van der Waals surface area contributed by atoms with Crippen LogP contribution in [0.15, 0.2) is 12.2 Å². The van der Waals surface area contributed by atoms with Gasteiger partial charge in [-0.2, -0.15) is 0 Å². The average molecular weight is 328 g/mol. The molecular formula is C17H28O6. The highest BCUT2D eigenvalue weighted by Crippen LogP contribution is 2.19. The zero-order valence-corrected chi connectivity index (χ0v) is 14.0. The van der Waals surface area contributed by atoms with Crippen LogP contribution in [-0.4, -0.2) is 34.7 Å². The predicted molar refractivity (Wildman–Crippen MR) is 86.0 cm³/mol. The fourth-order valence-electron chi connectivity index (χ4n) is 2.19. The molecule has 2 unspecified atom stereocenters. The number of carboxylic acid groups (broad SMARTS) is 2. The van der Waals surface area contributed by atoms with Crippen LogP contribution < -0.4 is 0 Å². The van der Waals surface area contributed by atoms with Crippen molar-refractivity contribution in [1.82, 2.24) is 0 Å². The lowest BCUT2D eigenvalue weighted by molar-refractivity contribution is -0.143. The number of rotatable bonds is 13. The van der Waals surface area contributed by atoms with Crippen LogP contribution in [0.4, 0.5) is 0 Å². The van der Waals surface area contributed by atoms with Crippen LogP contribution in [0.5, 0.6) is 0 Å². The molecule has 0 bridgehead atoms. The molecule has 6 nitrogen and oxygen atoms in total. The Kier molecular flexibility index (Phi) is 10.7. The van der Waals surface area contributed by atoms with E-state index >= 15 is 0 Å². The van der Waals surface area contributed by atoms with Crippen LogP contribution in [0.3, 0.4) is 0 Å². The summed E-state index contributed by atoms with van der Waals surface area (Å²) in [6.07, 6.45) is 3.68. The maximum Gasteiger partial charge on any atom is 0.333 e. The molecule has 2 atom stereocenters. The fraction of sp³-hybridized carbons (Fsp3) is 0.706. The second-order valence-corrected chi connectivity index (χ2v) is 5.79. The van der Waals surface area contributed by atoms with Crippen molar-refractivity contribution in [3.8, 4) is 0 Å². The number of esters is 1. The van der Waals surface area contributed by atoms with Gasteiger partial charge in [0.2, 0.25) is 0 Å². The standard InChI is InChI=1S/C17H28O6/c1-4-6-7-13(5-2)11-23-17(22)12(3)10-14(16(20)21)8-9-15(18)19/h13-14H,3-11H2,1-2H3,(H,18,19)(H,20,21). The molecule has 0 aromatic heterocycles. The molecule has 0 saturated carbocycles. The lowest BCUT2D eigenvalue weighted by Gasteiger charge is -2.16. The summed E-state index contributed by atoms with van der Waals surface area (Å²) in [5.41, 5.74) is 0.0770. The van der Waals surface area contributed by atoms with Crippen LogP contribution >= 0.6 is 0 Å². The smallest absolute Gasteiger partial charge is 0.333 e. The summed E-state index contributed by atoms with van der Waals surface area (Å²) in [4.78, 5) is 33.6. The minimum absolute atomic E-state index is 0.0367. The number of aliphatic carboxylic acids is 2. The molecule has 0 saturated heterocycles. The second-order valence-electron chi connectivity index (χ2n) is 5.79. The molecule has 132 valence electrons. The molecule has 0 radical (unpaired) electrons. The molecule has 6 heteroatoms. The SMILES string of the molecule is C=C(CC(CCC(=O)O)C(=O)O)C(=O)OCC(CC)CCCC. The lowest BCUT2D eigenvalue weighted by Crippen LogP contribution is -2.20. The Morgan fingerprint density at radius 2 is 1.78 bits per heavy atom. The number of carboxylic acids is 2. The third-order valence-corrected chi connectivity index (χ3v) is 3.83. The van der Waals surface area contributed by atoms with Gasteiger partial charge in [0.15, 0.2) is 0 Å². The van der Waals surface area contributed by atoms with E-state index in [-0.39, 0.29) is 24.8 Å². The maximum atomic E-state index is 11.9. The molecule has 0 heterocycles. The Balaban J connectivity index is 4.37. The van der Waals surface area contributed by atoms with Crippen molar-refractivity contribution < 1.29 is 29.3 Å². The van der Waals surface area contributed by atoms with E-state index in [1.807, 2.05) is 6.92 Å². The number of hydrogen-bond acceptors (Lipinski definition) is 4. The van der Waals surface area contributed by atoms with E-state index < -0.39 is 23.8 Å². The summed E-state index contributed by atoms with van der Waals surface area (Å²) in [6, 6.07) is 0. The number of ether oxygens (including phenoxy) is 1. The predicted octanol–water partition coefficient (Wildman–Crippen LogP) is 3.26. The Bertz CT molecular complexity index is 415. The first-order valence-corrected chi connectivity index (χ1v) is 8.11. The molecule has 0 aliphatic rings. The largest absolute Gasteiger partial charge is 0.481 e. The number of carbonyl (C=O) groups excluding carboxylic acids is 1. The summed E-state index contributed by atoms with van der Waals surface area (Å²) < 4.78 is 5.21. The van der Waals surface area contributed by atoms with E-state index in [2.05, 4.69) is 13.5 Å². The van der Waals surface area contributed by atoms with Gasteiger partial charge >= 0.3 is 17.9 Å². The van der Waals surface area contributed by atoms with Gasteiger partial charge in [-0.15, -0.1) is 0 Å². The number of carbonyl (C=O) groups is 3. The van der Waals surface area contributed by atoms with Crippen molar-refractivity contribution in [2.75, 3.05) is 6.61 Å². The van der Waals surface area contributed by atoms with E-state index in [1.54, 1.807) is 0 Å². The van der Waals surface area contributed by atoms with E-state index in [1.165, 1.54) is 0 Å². The molecule has 0 aromatic rings. The number of hydrogen-bond donors (Lipinski definition) is 2. The van der Waals surface area contributed by atoms with Crippen molar-refractivity contribution in [2.45, 2.75) is 58.8 Å². The van der Waals surface area contributed by atoms with Crippen LogP contribution in [0.2, 0.25) is 0 Å². The Hall–Kier alpha value is -1.85. The van der Waals surface area contributed by atoms with Gasteiger partial charge in [-0.3, -0.25) is 9.59 Å². The van der Waals surface area contributed by atoms with Crippen molar-refractivity contribution in [2.24, 2.45) is 11.8 Å². The first kappa shape index (κ1) is 21.1. The quantitative estimate of drug-likeness (QED) is 0.397.